The SMILES string of the molecule is CC(C)=Nc1c(C)cc(-c2c[nH]c3nc(CC(C)C)ncc23)cc1F. The van der Waals surface area contributed by atoms with Crippen LogP contribution in [0.4, 0.5) is 10.1 Å². The second kappa shape index (κ2) is 6.75. The Bertz CT molecular complexity index is 926. The Morgan fingerprint density at radius 1 is 1.28 bits per heavy atom. The molecule has 25 heavy (non-hydrogen) atoms. The molecule has 0 spiro atoms. The average molecular weight is 338 g/mol. The first-order chi connectivity index (χ1) is 11.8. The van der Waals surface area contributed by atoms with Crippen molar-refractivity contribution in [2.24, 2.45) is 10.9 Å². The number of aryl methyl sites for hydroxylation is 1. The van der Waals surface area contributed by atoms with Crippen molar-refractivity contribution >= 4 is 22.4 Å². The van der Waals surface area contributed by atoms with Crippen LogP contribution in [-0.2, 0) is 6.42 Å². The molecule has 1 N–H and O–H groups in total. The number of hydrogen-bond acceptors (Lipinski definition) is 3. The fourth-order valence-electron chi connectivity index (χ4n) is 2.90. The molecule has 0 aliphatic heterocycles. The number of fused-ring (bicyclic) bond motifs is 1. The van der Waals surface area contributed by atoms with E-state index in [1.165, 1.54) is 6.07 Å². The third-order valence-corrected chi connectivity index (χ3v) is 3.97. The summed E-state index contributed by atoms with van der Waals surface area (Å²) < 4.78 is 14.5. The van der Waals surface area contributed by atoms with E-state index in [0.29, 0.717) is 11.6 Å². The third kappa shape index (κ3) is 3.60. The lowest BCUT2D eigenvalue weighted by Crippen LogP contribution is -2.00. The third-order valence-electron chi connectivity index (χ3n) is 3.97. The highest BCUT2D eigenvalue weighted by Crippen LogP contribution is 2.33. The van der Waals surface area contributed by atoms with Crippen LogP contribution in [0.25, 0.3) is 22.2 Å². The minimum atomic E-state index is -0.317. The van der Waals surface area contributed by atoms with Gasteiger partial charge in [0, 0.05) is 35.5 Å². The Morgan fingerprint density at radius 2 is 2.04 bits per heavy atom. The van der Waals surface area contributed by atoms with Crippen molar-refractivity contribution in [3.63, 3.8) is 0 Å². The highest BCUT2D eigenvalue weighted by molar-refractivity contribution is 5.93. The van der Waals surface area contributed by atoms with Crippen LogP contribution in [0, 0.1) is 18.7 Å². The normalized spacial score (nSPS) is 11.3. The number of nitrogens with one attached hydrogen (secondary N) is 1. The summed E-state index contributed by atoms with van der Waals surface area (Å²) >= 11 is 0. The Kier molecular flexibility index (Phi) is 4.66. The van der Waals surface area contributed by atoms with E-state index in [-0.39, 0.29) is 5.82 Å². The molecular formula is C20H23FN4. The zero-order valence-electron chi connectivity index (χ0n) is 15.3. The molecule has 3 aromatic rings. The van der Waals surface area contributed by atoms with Gasteiger partial charge in [0.2, 0.25) is 0 Å². The first kappa shape index (κ1) is 17.3. The fraction of sp³-hybridized carbons (Fsp3) is 0.350. The molecule has 0 atom stereocenters. The topological polar surface area (TPSA) is 53.9 Å². The molecule has 130 valence electrons. The van der Waals surface area contributed by atoms with E-state index in [0.717, 1.165) is 45.7 Å². The van der Waals surface area contributed by atoms with Gasteiger partial charge in [0.1, 0.15) is 23.0 Å². The summed E-state index contributed by atoms with van der Waals surface area (Å²) in [5.74, 6) is 1.00. The van der Waals surface area contributed by atoms with Crippen LogP contribution in [0.3, 0.4) is 0 Å². The summed E-state index contributed by atoms with van der Waals surface area (Å²) in [6.45, 7) is 9.88. The van der Waals surface area contributed by atoms with Gasteiger partial charge < -0.3 is 4.98 Å². The quantitative estimate of drug-likeness (QED) is 0.649. The smallest absolute Gasteiger partial charge is 0.149 e. The first-order valence-corrected chi connectivity index (χ1v) is 8.50. The Morgan fingerprint density at radius 3 is 2.68 bits per heavy atom. The van der Waals surface area contributed by atoms with E-state index in [2.05, 4.69) is 33.8 Å². The van der Waals surface area contributed by atoms with Gasteiger partial charge in [0.25, 0.3) is 0 Å². The molecule has 0 unspecified atom stereocenters. The predicted octanol–water partition coefficient (Wildman–Crippen LogP) is 5.38. The van der Waals surface area contributed by atoms with Gasteiger partial charge in [-0.1, -0.05) is 13.8 Å². The summed E-state index contributed by atoms with van der Waals surface area (Å²) in [6, 6.07) is 3.48. The van der Waals surface area contributed by atoms with E-state index in [1.807, 2.05) is 39.2 Å². The van der Waals surface area contributed by atoms with E-state index in [1.54, 1.807) is 0 Å². The van der Waals surface area contributed by atoms with Crippen molar-refractivity contribution in [1.29, 1.82) is 0 Å². The van der Waals surface area contributed by atoms with Gasteiger partial charge in [-0.2, -0.15) is 0 Å². The van der Waals surface area contributed by atoms with E-state index in [9.17, 15) is 4.39 Å². The molecule has 4 nitrogen and oxygen atoms in total. The largest absolute Gasteiger partial charge is 0.345 e. The zero-order chi connectivity index (χ0) is 18.1. The number of aliphatic imine (C=N–C) groups is 1. The van der Waals surface area contributed by atoms with Gasteiger partial charge in [-0.25, -0.2) is 14.4 Å². The van der Waals surface area contributed by atoms with Gasteiger partial charge in [-0.05, 0) is 49.9 Å². The van der Waals surface area contributed by atoms with E-state index < -0.39 is 0 Å². The number of H-pyrrole nitrogens is 1. The van der Waals surface area contributed by atoms with Gasteiger partial charge in [0.05, 0.1) is 0 Å². The van der Waals surface area contributed by atoms with Crippen LogP contribution < -0.4 is 0 Å². The van der Waals surface area contributed by atoms with Crippen LogP contribution in [0.2, 0.25) is 0 Å². The first-order valence-electron chi connectivity index (χ1n) is 8.50. The van der Waals surface area contributed by atoms with Crippen molar-refractivity contribution in [1.82, 2.24) is 15.0 Å². The maximum Gasteiger partial charge on any atom is 0.149 e. The fourth-order valence-corrected chi connectivity index (χ4v) is 2.90. The van der Waals surface area contributed by atoms with Crippen molar-refractivity contribution in [3.8, 4) is 11.1 Å². The lowest BCUT2D eigenvalue weighted by atomic mass is 10.0. The molecule has 2 aromatic heterocycles. The maximum absolute atomic E-state index is 14.5. The van der Waals surface area contributed by atoms with Crippen LogP contribution in [0.1, 0.15) is 39.1 Å². The second-order valence-electron chi connectivity index (χ2n) is 7.03. The van der Waals surface area contributed by atoms with Gasteiger partial charge in [-0.15, -0.1) is 0 Å². The number of benzene rings is 1. The predicted molar refractivity (Wildman–Crippen MR) is 101 cm³/mol. The zero-order valence-corrected chi connectivity index (χ0v) is 15.3. The van der Waals surface area contributed by atoms with Gasteiger partial charge in [0.15, 0.2) is 0 Å². The highest BCUT2D eigenvalue weighted by atomic mass is 19.1. The van der Waals surface area contributed by atoms with Gasteiger partial charge >= 0.3 is 0 Å². The number of nitrogens with zero attached hydrogens (tertiary/aromatic N) is 3. The Labute approximate surface area is 147 Å². The number of hydrogen-bond donors (Lipinski definition) is 1. The lowest BCUT2D eigenvalue weighted by Gasteiger charge is -2.07. The summed E-state index contributed by atoms with van der Waals surface area (Å²) in [5.41, 5.74) is 4.52. The molecular weight excluding hydrogens is 315 g/mol. The second-order valence-corrected chi connectivity index (χ2v) is 7.03. The maximum atomic E-state index is 14.5. The van der Waals surface area contributed by atoms with Crippen molar-refractivity contribution in [2.75, 3.05) is 0 Å². The van der Waals surface area contributed by atoms with Crippen LogP contribution >= 0.6 is 0 Å². The minimum Gasteiger partial charge on any atom is -0.345 e. The molecule has 2 heterocycles. The summed E-state index contributed by atoms with van der Waals surface area (Å²) in [7, 11) is 0. The minimum absolute atomic E-state index is 0.317. The van der Waals surface area contributed by atoms with Crippen LogP contribution in [0.15, 0.2) is 29.5 Å². The average Bonchev–Trinajstić information content (AvgIpc) is 2.93. The number of aromatic nitrogens is 3. The molecule has 0 aliphatic carbocycles. The standard InChI is InChI=1S/C20H23FN4/c1-11(2)6-18-22-10-16-15(9-23-20(16)25-18)14-7-13(5)19(17(21)8-14)24-12(3)4/h7-11H,6H2,1-5H3,(H,22,23,25). The molecule has 0 fully saturated rings. The molecule has 5 heteroatoms. The van der Waals surface area contributed by atoms with Crippen LogP contribution in [-0.4, -0.2) is 20.7 Å². The van der Waals surface area contributed by atoms with Crippen molar-refractivity contribution in [2.45, 2.75) is 41.0 Å². The number of halogens is 1. The highest BCUT2D eigenvalue weighted by Gasteiger charge is 2.13. The monoisotopic (exact) mass is 338 g/mol. The molecule has 0 radical (unpaired) electrons. The molecule has 1 aromatic carbocycles. The van der Waals surface area contributed by atoms with Gasteiger partial charge in [-0.3, -0.25) is 4.99 Å². The molecule has 0 amide bonds. The molecule has 0 aliphatic rings. The summed E-state index contributed by atoms with van der Waals surface area (Å²) in [5, 5.41) is 0.897. The molecule has 0 saturated carbocycles. The number of rotatable bonds is 4. The van der Waals surface area contributed by atoms with E-state index >= 15 is 0 Å². The number of aromatic amines is 1. The Balaban J connectivity index is 2.06. The van der Waals surface area contributed by atoms with E-state index in [4.69, 9.17) is 0 Å². The summed E-state index contributed by atoms with van der Waals surface area (Å²) in [6.07, 6.45) is 4.52. The van der Waals surface area contributed by atoms with Crippen molar-refractivity contribution < 1.29 is 4.39 Å². The van der Waals surface area contributed by atoms with Crippen molar-refractivity contribution in [3.05, 3.63) is 41.7 Å². The molecule has 0 bridgehead atoms. The molecule has 3 rings (SSSR count). The lowest BCUT2D eigenvalue weighted by molar-refractivity contribution is 0.622. The van der Waals surface area contributed by atoms with Crippen LogP contribution in [0.5, 0.6) is 0 Å². The summed E-state index contributed by atoms with van der Waals surface area (Å²) in [4.78, 5) is 16.5. The molecule has 0 saturated heterocycles. The Hall–Kier alpha value is -2.56.